The number of carboxylic acid groups (broad SMARTS) is 1. The van der Waals surface area contributed by atoms with E-state index in [9.17, 15) is 14.7 Å². The van der Waals surface area contributed by atoms with E-state index in [2.05, 4.69) is 15.7 Å². The van der Waals surface area contributed by atoms with Gasteiger partial charge in [0.15, 0.2) is 0 Å². The van der Waals surface area contributed by atoms with Crippen LogP contribution < -0.4 is 10.6 Å². The normalized spacial score (nSPS) is 12.7. The Morgan fingerprint density at radius 3 is 2.52 bits per heavy atom. The molecule has 21 heavy (non-hydrogen) atoms. The topological polar surface area (TPSA) is 96.3 Å². The fourth-order valence-corrected chi connectivity index (χ4v) is 2.14. The highest BCUT2D eigenvalue weighted by atomic mass is 16.4. The van der Waals surface area contributed by atoms with Crippen LogP contribution in [0.2, 0.25) is 0 Å². The Hall–Kier alpha value is -2.05. The summed E-state index contributed by atoms with van der Waals surface area (Å²) in [5, 5.41) is 18.8. The molecule has 0 aromatic carbocycles. The zero-order valence-corrected chi connectivity index (χ0v) is 12.8. The van der Waals surface area contributed by atoms with Crippen LogP contribution in [0, 0.1) is 5.41 Å². The van der Waals surface area contributed by atoms with Gasteiger partial charge in [-0.25, -0.2) is 4.79 Å². The molecule has 1 heterocycles. The summed E-state index contributed by atoms with van der Waals surface area (Å²) in [5.41, 5.74) is -0.900. The number of rotatable bonds is 8. The Bertz CT molecular complexity index is 455. The first kappa shape index (κ1) is 17.0. The minimum atomic E-state index is -0.900. The van der Waals surface area contributed by atoms with Gasteiger partial charge in [0.2, 0.25) is 0 Å². The van der Waals surface area contributed by atoms with Gasteiger partial charge in [-0.1, -0.05) is 13.8 Å². The smallest absolute Gasteiger partial charge is 0.315 e. The van der Waals surface area contributed by atoms with E-state index in [0.717, 1.165) is 0 Å². The van der Waals surface area contributed by atoms with Gasteiger partial charge in [-0.3, -0.25) is 9.48 Å². The molecule has 0 aliphatic carbocycles. The summed E-state index contributed by atoms with van der Waals surface area (Å²) in [6.45, 7) is 6.18. The molecule has 7 heteroatoms. The zero-order valence-electron chi connectivity index (χ0n) is 12.8. The number of carbonyl (C=O) groups is 2. The maximum atomic E-state index is 11.8. The number of aromatic nitrogens is 2. The highest BCUT2D eigenvalue weighted by Crippen LogP contribution is 2.25. The Kier molecular flexibility index (Phi) is 6.20. The lowest BCUT2D eigenvalue weighted by Crippen LogP contribution is -2.48. The molecule has 1 atom stereocenters. The molecule has 1 aromatic rings. The average molecular weight is 296 g/mol. The van der Waals surface area contributed by atoms with Crippen molar-refractivity contribution in [1.29, 1.82) is 0 Å². The van der Waals surface area contributed by atoms with E-state index in [1.54, 1.807) is 10.9 Å². The van der Waals surface area contributed by atoms with Crippen molar-refractivity contribution in [3.63, 3.8) is 0 Å². The summed E-state index contributed by atoms with van der Waals surface area (Å²) in [6, 6.07) is 1.35. The van der Waals surface area contributed by atoms with Gasteiger partial charge >= 0.3 is 12.0 Å². The van der Waals surface area contributed by atoms with E-state index < -0.39 is 11.4 Å². The van der Waals surface area contributed by atoms with Gasteiger partial charge in [0.1, 0.15) is 0 Å². The second-order valence-corrected chi connectivity index (χ2v) is 5.25. The highest BCUT2D eigenvalue weighted by Gasteiger charge is 2.35. The number of amides is 2. The molecule has 0 spiro atoms. The van der Waals surface area contributed by atoms with Crippen LogP contribution in [-0.2, 0) is 11.3 Å². The molecule has 2 amide bonds. The van der Waals surface area contributed by atoms with Gasteiger partial charge in [-0.05, 0) is 25.8 Å². The van der Waals surface area contributed by atoms with Crippen molar-refractivity contribution in [2.24, 2.45) is 5.41 Å². The molecule has 0 aliphatic heterocycles. The van der Waals surface area contributed by atoms with Gasteiger partial charge < -0.3 is 15.7 Å². The zero-order chi connectivity index (χ0) is 15.9. The second kappa shape index (κ2) is 7.66. The Balaban J connectivity index is 2.44. The number of hydrogen-bond acceptors (Lipinski definition) is 3. The van der Waals surface area contributed by atoms with Crippen molar-refractivity contribution in [3.8, 4) is 0 Å². The summed E-state index contributed by atoms with van der Waals surface area (Å²) < 4.78 is 1.73. The lowest BCUT2D eigenvalue weighted by molar-refractivity contribution is -0.149. The number of nitrogens with one attached hydrogen (secondary N) is 2. The van der Waals surface area contributed by atoms with Gasteiger partial charge in [0, 0.05) is 25.0 Å². The highest BCUT2D eigenvalue weighted by molar-refractivity contribution is 5.78. The predicted molar refractivity (Wildman–Crippen MR) is 78.9 cm³/mol. The van der Waals surface area contributed by atoms with Gasteiger partial charge in [-0.2, -0.15) is 5.10 Å². The second-order valence-electron chi connectivity index (χ2n) is 5.25. The molecule has 0 bridgehead atoms. The summed E-state index contributed by atoms with van der Waals surface area (Å²) in [6.07, 6.45) is 4.44. The molecule has 0 fully saturated rings. The molecule has 0 saturated carbocycles. The van der Waals surface area contributed by atoms with Crippen molar-refractivity contribution in [3.05, 3.63) is 18.5 Å². The van der Waals surface area contributed by atoms with Crippen molar-refractivity contribution in [2.45, 2.75) is 46.2 Å². The van der Waals surface area contributed by atoms with E-state index in [1.165, 1.54) is 0 Å². The molecular weight excluding hydrogens is 272 g/mol. The first-order chi connectivity index (χ1) is 9.93. The number of carbonyl (C=O) groups excluding carboxylic acids is 1. The number of aliphatic carboxylic acids is 1. The molecule has 3 N–H and O–H groups in total. The SMILES string of the molecule is CCC(CC)(CNC(=O)NC(C)Cn1cccn1)C(=O)O. The van der Waals surface area contributed by atoms with E-state index in [1.807, 2.05) is 33.0 Å². The van der Waals surface area contributed by atoms with Crippen LogP contribution in [0.15, 0.2) is 18.5 Å². The van der Waals surface area contributed by atoms with Gasteiger partial charge in [0.25, 0.3) is 0 Å². The molecular formula is C14H24N4O3. The number of hydrogen-bond donors (Lipinski definition) is 3. The van der Waals surface area contributed by atoms with Crippen LogP contribution in [-0.4, -0.2) is 39.5 Å². The van der Waals surface area contributed by atoms with E-state index in [-0.39, 0.29) is 18.6 Å². The van der Waals surface area contributed by atoms with Crippen LogP contribution in [0.25, 0.3) is 0 Å². The maximum Gasteiger partial charge on any atom is 0.315 e. The molecule has 1 unspecified atom stereocenters. The van der Waals surface area contributed by atoms with Crippen LogP contribution in [0.4, 0.5) is 4.79 Å². The summed E-state index contributed by atoms with van der Waals surface area (Å²) in [7, 11) is 0. The third-order valence-electron chi connectivity index (χ3n) is 3.79. The standard InChI is InChI=1S/C14H24N4O3/c1-4-14(5-2,12(19)20)10-15-13(21)17-11(3)9-18-8-6-7-16-18/h6-8,11H,4-5,9-10H2,1-3H3,(H,19,20)(H2,15,17,21). The Labute approximate surface area is 124 Å². The molecule has 0 aliphatic rings. The molecule has 118 valence electrons. The van der Waals surface area contributed by atoms with Crippen LogP contribution >= 0.6 is 0 Å². The van der Waals surface area contributed by atoms with Crippen molar-refractivity contribution >= 4 is 12.0 Å². The quantitative estimate of drug-likeness (QED) is 0.676. The third kappa shape index (κ3) is 4.77. The van der Waals surface area contributed by atoms with Crippen molar-refractivity contribution < 1.29 is 14.7 Å². The van der Waals surface area contributed by atoms with E-state index in [0.29, 0.717) is 19.4 Å². The molecule has 0 saturated heterocycles. The molecule has 1 rings (SSSR count). The van der Waals surface area contributed by atoms with Crippen LogP contribution in [0.1, 0.15) is 33.6 Å². The van der Waals surface area contributed by atoms with E-state index in [4.69, 9.17) is 0 Å². The molecule has 7 nitrogen and oxygen atoms in total. The maximum absolute atomic E-state index is 11.8. The third-order valence-corrected chi connectivity index (χ3v) is 3.79. The predicted octanol–water partition coefficient (Wildman–Crippen LogP) is 1.46. The first-order valence-electron chi connectivity index (χ1n) is 7.18. The Morgan fingerprint density at radius 2 is 2.05 bits per heavy atom. The number of urea groups is 1. The lowest BCUT2D eigenvalue weighted by atomic mass is 9.82. The average Bonchev–Trinajstić information content (AvgIpc) is 2.92. The minimum absolute atomic E-state index is 0.104. The van der Waals surface area contributed by atoms with Gasteiger partial charge in [0.05, 0.1) is 12.0 Å². The minimum Gasteiger partial charge on any atom is -0.481 e. The lowest BCUT2D eigenvalue weighted by Gasteiger charge is -2.27. The molecule has 1 aromatic heterocycles. The van der Waals surface area contributed by atoms with Crippen molar-refractivity contribution in [2.75, 3.05) is 6.54 Å². The van der Waals surface area contributed by atoms with E-state index >= 15 is 0 Å². The first-order valence-corrected chi connectivity index (χ1v) is 7.18. The van der Waals surface area contributed by atoms with Crippen LogP contribution in [0.5, 0.6) is 0 Å². The fraction of sp³-hybridized carbons (Fsp3) is 0.643. The largest absolute Gasteiger partial charge is 0.481 e. The van der Waals surface area contributed by atoms with Gasteiger partial charge in [-0.15, -0.1) is 0 Å². The summed E-state index contributed by atoms with van der Waals surface area (Å²) in [4.78, 5) is 23.2. The molecule has 0 radical (unpaired) electrons. The van der Waals surface area contributed by atoms with Crippen molar-refractivity contribution in [1.82, 2.24) is 20.4 Å². The monoisotopic (exact) mass is 296 g/mol. The summed E-state index contributed by atoms with van der Waals surface area (Å²) >= 11 is 0. The number of carboxylic acids is 1. The van der Waals surface area contributed by atoms with Crippen LogP contribution in [0.3, 0.4) is 0 Å². The fourth-order valence-electron chi connectivity index (χ4n) is 2.14. The number of nitrogens with zero attached hydrogens (tertiary/aromatic N) is 2. The summed E-state index contributed by atoms with van der Waals surface area (Å²) in [5.74, 6) is -0.877. The Morgan fingerprint density at radius 1 is 1.38 bits per heavy atom.